The van der Waals surface area contributed by atoms with E-state index in [1.54, 1.807) is 47.5 Å². The highest BCUT2D eigenvalue weighted by Gasteiger charge is 2.25. The Kier molecular flexibility index (Phi) is 6.37. The lowest BCUT2D eigenvalue weighted by Crippen LogP contribution is -2.49. The average Bonchev–Trinajstić information content (AvgIpc) is 2.74. The van der Waals surface area contributed by atoms with E-state index >= 15 is 0 Å². The molecular weight excluding hydrogens is 356 g/mol. The van der Waals surface area contributed by atoms with Crippen LogP contribution < -0.4 is 10.6 Å². The Bertz CT molecular complexity index is 854. The third kappa shape index (κ3) is 4.94. The third-order valence-electron chi connectivity index (χ3n) is 4.69. The number of likely N-dealkylation sites (tertiary alicyclic amines) is 1. The number of pyridine rings is 1. The molecule has 1 fully saturated rings. The Balaban J connectivity index is 1.66. The molecule has 7 nitrogen and oxygen atoms in total. The van der Waals surface area contributed by atoms with Gasteiger partial charge in [0, 0.05) is 49.2 Å². The Hall–Kier alpha value is -3.22. The van der Waals surface area contributed by atoms with E-state index in [1.165, 1.54) is 6.20 Å². The van der Waals surface area contributed by atoms with Crippen molar-refractivity contribution in [2.24, 2.45) is 0 Å². The predicted octanol–water partition coefficient (Wildman–Crippen LogP) is 2.46. The molecule has 0 spiro atoms. The highest BCUT2D eigenvalue weighted by atomic mass is 16.2. The van der Waals surface area contributed by atoms with Gasteiger partial charge in [0.05, 0.1) is 5.56 Å². The van der Waals surface area contributed by atoms with Crippen LogP contribution in [0.4, 0.5) is 5.69 Å². The molecule has 7 heteroatoms. The van der Waals surface area contributed by atoms with Crippen molar-refractivity contribution in [3.63, 3.8) is 0 Å². The van der Waals surface area contributed by atoms with Crippen molar-refractivity contribution in [3.8, 4) is 0 Å². The molecular formula is C21H24N4O3. The maximum Gasteiger partial charge on any atom is 0.257 e. The molecule has 0 aliphatic carbocycles. The summed E-state index contributed by atoms with van der Waals surface area (Å²) < 4.78 is 0. The molecule has 2 aromatic rings. The van der Waals surface area contributed by atoms with Gasteiger partial charge in [0.1, 0.15) is 0 Å². The minimum Gasteiger partial charge on any atom is -0.352 e. The van der Waals surface area contributed by atoms with Gasteiger partial charge in [-0.05, 0) is 43.2 Å². The van der Waals surface area contributed by atoms with Crippen LogP contribution in [-0.4, -0.2) is 46.7 Å². The van der Waals surface area contributed by atoms with Gasteiger partial charge in [0.25, 0.3) is 11.8 Å². The fourth-order valence-electron chi connectivity index (χ4n) is 3.22. The highest BCUT2D eigenvalue weighted by molar-refractivity contribution is 6.05. The predicted molar refractivity (Wildman–Crippen MR) is 106 cm³/mol. The van der Waals surface area contributed by atoms with E-state index in [1.807, 2.05) is 6.92 Å². The van der Waals surface area contributed by atoms with Gasteiger partial charge in [-0.1, -0.05) is 13.0 Å². The zero-order valence-electron chi connectivity index (χ0n) is 15.9. The van der Waals surface area contributed by atoms with Gasteiger partial charge in [0.2, 0.25) is 5.91 Å². The van der Waals surface area contributed by atoms with Gasteiger partial charge in [0.15, 0.2) is 0 Å². The van der Waals surface area contributed by atoms with Crippen LogP contribution in [0.5, 0.6) is 0 Å². The second-order valence-electron chi connectivity index (χ2n) is 6.79. The standard InChI is InChI=1S/C21H24N4O3/c1-2-19(26)23-18-9-5-11-25(14-18)21(28)15-6-3-8-17(12-15)24-20(27)16-7-4-10-22-13-16/h3-4,6-8,10,12-13,18H,2,5,9,11,14H2,1H3,(H,23,26)(H,24,27). The maximum absolute atomic E-state index is 12.9. The summed E-state index contributed by atoms with van der Waals surface area (Å²) in [5.41, 5.74) is 1.50. The van der Waals surface area contributed by atoms with Gasteiger partial charge in [-0.25, -0.2) is 0 Å². The number of anilines is 1. The van der Waals surface area contributed by atoms with Crippen LogP contribution in [0.2, 0.25) is 0 Å². The first-order chi connectivity index (χ1) is 13.6. The number of nitrogens with zero attached hydrogens (tertiary/aromatic N) is 2. The van der Waals surface area contributed by atoms with E-state index in [0.29, 0.717) is 36.3 Å². The lowest BCUT2D eigenvalue weighted by molar-refractivity contribution is -0.121. The zero-order valence-corrected chi connectivity index (χ0v) is 15.9. The van der Waals surface area contributed by atoms with Crippen molar-refractivity contribution in [2.75, 3.05) is 18.4 Å². The largest absolute Gasteiger partial charge is 0.352 e. The van der Waals surface area contributed by atoms with E-state index in [4.69, 9.17) is 0 Å². The lowest BCUT2D eigenvalue weighted by atomic mass is 10.0. The Morgan fingerprint density at radius 1 is 1.18 bits per heavy atom. The normalized spacial score (nSPS) is 16.3. The molecule has 1 aromatic carbocycles. The second-order valence-corrected chi connectivity index (χ2v) is 6.79. The van der Waals surface area contributed by atoms with Gasteiger partial charge in [-0.15, -0.1) is 0 Å². The Morgan fingerprint density at radius 3 is 2.75 bits per heavy atom. The molecule has 0 radical (unpaired) electrons. The van der Waals surface area contributed by atoms with E-state index < -0.39 is 0 Å². The second kappa shape index (κ2) is 9.12. The molecule has 1 aromatic heterocycles. The first kappa shape index (κ1) is 19.5. The number of amides is 3. The minimum absolute atomic E-state index is 0.000546. The van der Waals surface area contributed by atoms with Crippen LogP contribution in [0.15, 0.2) is 48.8 Å². The summed E-state index contributed by atoms with van der Waals surface area (Å²) in [6.45, 7) is 2.97. The fraction of sp³-hybridized carbons (Fsp3) is 0.333. The number of hydrogen-bond donors (Lipinski definition) is 2. The van der Waals surface area contributed by atoms with Gasteiger partial charge in [-0.3, -0.25) is 19.4 Å². The third-order valence-corrected chi connectivity index (χ3v) is 4.69. The number of rotatable bonds is 5. The first-order valence-corrected chi connectivity index (χ1v) is 9.47. The quantitative estimate of drug-likeness (QED) is 0.834. The molecule has 2 heterocycles. The number of hydrogen-bond acceptors (Lipinski definition) is 4. The van der Waals surface area contributed by atoms with Crippen molar-refractivity contribution in [3.05, 3.63) is 59.9 Å². The summed E-state index contributed by atoms with van der Waals surface area (Å²) in [5, 5.41) is 5.76. The van der Waals surface area contributed by atoms with Crippen molar-refractivity contribution in [1.82, 2.24) is 15.2 Å². The van der Waals surface area contributed by atoms with Crippen molar-refractivity contribution >= 4 is 23.4 Å². The topological polar surface area (TPSA) is 91.4 Å². The van der Waals surface area contributed by atoms with E-state index in [9.17, 15) is 14.4 Å². The SMILES string of the molecule is CCC(=O)NC1CCCN(C(=O)c2cccc(NC(=O)c3cccnc3)c2)C1. The maximum atomic E-state index is 12.9. The lowest BCUT2D eigenvalue weighted by Gasteiger charge is -2.33. The number of carbonyl (C=O) groups is 3. The molecule has 3 rings (SSSR count). The number of piperidine rings is 1. The van der Waals surface area contributed by atoms with Gasteiger partial charge >= 0.3 is 0 Å². The molecule has 0 bridgehead atoms. The Morgan fingerprint density at radius 2 is 2.00 bits per heavy atom. The molecule has 1 aliphatic rings. The molecule has 1 aliphatic heterocycles. The summed E-state index contributed by atoms with van der Waals surface area (Å²) >= 11 is 0. The molecule has 3 amide bonds. The minimum atomic E-state index is -0.280. The van der Waals surface area contributed by atoms with Gasteiger partial charge in [-0.2, -0.15) is 0 Å². The van der Waals surface area contributed by atoms with E-state index in [0.717, 1.165) is 12.8 Å². The van der Waals surface area contributed by atoms with Crippen LogP contribution in [0.3, 0.4) is 0 Å². The van der Waals surface area contributed by atoms with Crippen LogP contribution in [-0.2, 0) is 4.79 Å². The van der Waals surface area contributed by atoms with Crippen molar-refractivity contribution < 1.29 is 14.4 Å². The molecule has 2 N–H and O–H groups in total. The van der Waals surface area contributed by atoms with Crippen LogP contribution >= 0.6 is 0 Å². The number of carbonyl (C=O) groups excluding carboxylic acids is 3. The smallest absolute Gasteiger partial charge is 0.257 e. The average molecular weight is 380 g/mol. The first-order valence-electron chi connectivity index (χ1n) is 9.47. The molecule has 0 saturated carbocycles. The highest BCUT2D eigenvalue weighted by Crippen LogP contribution is 2.17. The van der Waals surface area contributed by atoms with Crippen LogP contribution in [0.25, 0.3) is 0 Å². The molecule has 1 unspecified atom stereocenters. The number of benzene rings is 1. The number of nitrogens with one attached hydrogen (secondary N) is 2. The molecule has 146 valence electrons. The van der Waals surface area contributed by atoms with Crippen LogP contribution in [0.1, 0.15) is 46.9 Å². The summed E-state index contributed by atoms with van der Waals surface area (Å²) in [4.78, 5) is 42.5. The monoisotopic (exact) mass is 380 g/mol. The summed E-state index contributed by atoms with van der Waals surface area (Å²) in [6.07, 6.45) is 5.24. The van der Waals surface area contributed by atoms with E-state index in [-0.39, 0.29) is 23.8 Å². The Labute approximate surface area is 164 Å². The molecule has 1 atom stereocenters. The van der Waals surface area contributed by atoms with Crippen LogP contribution in [0, 0.1) is 0 Å². The fourth-order valence-corrected chi connectivity index (χ4v) is 3.22. The van der Waals surface area contributed by atoms with Crippen molar-refractivity contribution in [2.45, 2.75) is 32.2 Å². The molecule has 28 heavy (non-hydrogen) atoms. The summed E-state index contributed by atoms with van der Waals surface area (Å²) in [5.74, 6) is -0.384. The summed E-state index contributed by atoms with van der Waals surface area (Å²) in [6, 6.07) is 10.2. The van der Waals surface area contributed by atoms with E-state index in [2.05, 4.69) is 15.6 Å². The number of aromatic nitrogens is 1. The van der Waals surface area contributed by atoms with Crippen molar-refractivity contribution in [1.29, 1.82) is 0 Å². The zero-order chi connectivity index (χ0) is 19.9. The summed E-state index contributed by atoms with van der Waals surface area (Å²) in [7, 11) is 0. The molecule has 1 saturated heterocycles. The van der Waals surface area contributed by atoms with Gasteiger partial charge < -0.3 is 15.5 Å².